The predicted octanol–water partition coefficient (Wildman–Crippen LogP) is 2.79. The fourth-order valence-corrected chi connectivity index (χ4v) is 3.53. The molecule has 0 aliphatic carbocycles. The molecule has 0 aromatic heterocycles. The Morgan fingerprint density at radius 2 is 2.15 bits per heavy atom. The molecule has 1 unspecified atom stereocenters. The first-order chi connectivity index (χ1) is 12.4. The lowest BCUT2D eigenvalue weighted by Gasteiger charge is -2.13. The van der Waals surface area contributed by atoms with Crippen molar-refractivity contribution in [3.8, 4) is 0 Å². The number of carbonyl (C=O) groups excluding carboxylic acids is 1. The second-order valence-corrected chi connectivity index (χ2v) is 6.97. The summed E-state index contributed by atoms with van der Waals surface area (Å²) in [6.07, 6.45) is 0. The average Bonchev–Trinajstić information content (AvgIpc) is 3.03. The van der Waals surface area contributed by atoms with E-state index < -0.39 is 4.92 Å². The van der Waals surface area contributed by atoms with E-state index in [2.05, 4.69) is 10.6 Å². The number of nitrogens with zero attached hydrogens (tertiary/aromatic N) is 2. The fraction of sp³-hybridized carbons (Fsp3) is 0.389. The summed E-state index contributed by atoms with van der Waals surface area (Å²) in [6.45, 7) is 1.90. The number of non-ortho nitro benzene ring substituents is 1. The van der Waals surface area contributed by atoms with Crippen LogP contribution in [-0.2, 0) is 0 Å². The van der Waals surface area contributed by atoms with Crippen LogP contribution in [0.25, 0.3) is 10.8 Å². The number of benzene rings is 2. The molecule has 1 atom stereocenters. The van der Waals surface area contributed by atoms with E-state index in [0.717, 1.165) is 17.8 Å². The van der Waals surface area contributed by atoms with Crippen LogP contribution >= 0.6 is 11.6 Å². The highest BCUT2D eigenvalue weighted by Crippen LogP contribution is 2.42. The molecule has 1 aliphatic heterocycles. The van der Waals surface area contributed by atoms with Crippen molar-refractivity contribution in [1.29, 1.82) is 0 Å². The van der Waals surface area contributed by atoms with E-state index in [1.807, 2.05) is 19.0 Å². The molecule has 0 bridgehead atoms. The van der Waals surface area contributed by atoms with E-state index in [4.69, 9.17) is 11.6 Å². The molecule has 0 radical (unpaired) electrons. The SMILES string of the molecule is CN(C)CCNC(=O)c1ccc2c([N+](=O)[O-])cc3c(c2c1)C(CCl)CN3. The summed E-state index contributed by atoms with van der Waals surface area (Å²) in [5.74, 6) is 0.274. The van der Waals surface area contributed by atoms with Crippen LogP contribution in [0.15, 0.2) is 24.3 Å². The number of nitro benzene ring substituents is 1. The number of rotatable bonds is 6. The van der Waals surface area contributed by atoms with E-state index in [9.17, 15) is 14.9 Å². The molecular weight excluding hydrogens is 356 g/mol. The standard InChI is InChI=1S/C18H21ClN4O3/c1-22(2)6-5-20-18(24)11-3-4-13-14(7-11)17-12(9-19)10-21-15(17)8-16(13)23(25)26/h3-4,7-8,12,21H,5-6,9-10H2,1-2H3,(H,20,24). The minimum Gasteiger partial charge on any atom is -0.384 e. The quantitative estimate of drug-likeness (QED) is 0.460. The zero-order chi connectivity index (χ0) is 18.8. The number of alkyl halides is 1. The first-order valence-electron chi connectivity index (χ1n) is 8.40. The number of hydrogen-bond acceptors (Lipinski definition) is 5. The number of halogens is 1. The van der Waals surface area contributed by atoms with Crippen molar-refractivity contribution in [3.63, 3.8) is 0 Å². The zero-order valence-electron chi connectivity index (χ0n) is 14.7. The highest BCUT2D eigenvalue weighted by Gasteiger charge is 2.28. The van der Waals surface area contributed by atoms with Crippen molar-refractivity contribution in [3.05, 3.63) is 45.5 Å². The molecule has 0 fully saturated rings. The lowest BCUT2D eigenvalue weighted by molar-refractivity contribution is -0.383. The van der Waals surface area contributed by atoms with Gasteiger partial charge < -0.3 is 15.5 Å². The molecule has 138 valence electrons. The summed E-state index contributed by atoms with van der Waals surface area (Å²) in [5.41, 5.74) is 2.18. The van der Waals surface area contributed by atoms with Crippen LogP contribution < -0.4 is 10.6 Å². The topological polar surface area (TPSA) is 87.5 Å². The van der Waals surface area contributed by atoms with E-state index in [1.54, 1.807) is 24.3 Å². The lowest BCUT2D eigenvalue weighted by Crippen LogP contribution is -2.31. The number of likely N-dealkylation sites (N-methyl/N-ethyl adjacent to an activating group) is 1. The van der Waals surface area contributed by atoms with Gasteiger partial charge in [-0.2, -0.15) is 0 Å². The second-order valence-electron chi connectivity index (χ2n) is 6.67. The number of amides is 1. The molecule has 0 saturated heterocycles. The molecule has 0 spiro atoms. The van der Waals surface area contributed by atoms with Gasteiger partial charge in [-0.15, -0.1) is 11.6 Å². The summed E-state index contributed by atoms with van der Waals surface area (Å²) in [4.78, 5) is 25.5. The lowest BCUT2D eigenvalue weighted by atomic mass is 9.93. The third-order valence-corrected chi connectivity index (χ3v) is 4.97. The molecule has 3 rings (SSSR count). The van der Waals surface area contributed by atoms with Crippen LogP contribution in [0.4, 0.5) is 11.4 Å². The maximum absolute atomic E-state index is 12.4. The largest absolute Gasteiger partial charge is 0.384 e. The van der Waals surface area contributed by atoms with E-state index in [-0.39, 0.29) is 17.5 Å². The van der Waals surface area contributed by atoms with Gasteiger partial charge in [0, 0.05) is 48.7 Å². The van der Waals surface area contributed by atoms with Crippen LogP contribution in [0.3, 0.4) is 0 Å². The van der Waals surface area contributed by atoms with Crippen molar-refractivity contribution in [2.45, 2.75) is 5.92 Å². The van der Waals surface area contributed by atoms with Crippen LogP contribution in [0.1, 0.15) is 21.8 Å². The molecule has 2 N–H and O–H groups in total. The Balaban J connectivity index is 2.05. The molecule has 1 aliphatic rings. The van der Waals surface area contributed by atoms with Gasteiger partial charge in [0.2, 0.25) is 0 Å². The van der Waals surface area contributed by atoms with Gasteiger partial charge in [-0.1, -0.05) is 0 Å². The van der Waals surface area contributed by atoms with Crippen molar-refractivity contribution >= 4 is 39.7 Å². The average molecular weight is 377 g/mol. The zero-order valence-corrected chi connectivity index (χ0v) is 15.5. The predicted molar refractivity (Wildman–Crippen MR) is 103 cm³/mol. The minimum absolute atomic E-state index is 0.0287. The summed E-state index contributed by atoms with van der Waals surface area (Å²) in [6, 6.07) is 6.57. The Morgan fingerprint density at radius 3 is 2.81 bits per heavy atom. The smallest absolute Gasteiger partial charge is 0.279 e. The summed E-state index contributed by atoms with van der Waals surface area (Å²) >= 11 is 6.08. The Labute approximate surface area is 156 Å². The minimum atomic E-state index is -0.394. The molecule has 7 nitrogen and oxygen atoms in total. The number of fused-ring (bicyclic) bond motifs is 3. The van der Waals surface area contributed by atoms with Gasteiger partial charge in [-0.05, 0) is 43.2 Å². The first kappa shape index (κ1) is 18.4. The van der Waals surface area contributed by atoms with Gasteiger partial charge in [0.1, 0.15) is 0 Å². The van der Waals surface area contributed by atoms with E-state index in [0.29, 0.717) is 35.3 Å². The fourth-order valence-electron chi connectivity index (χ4n) is 3.27. The van der Waals surface area contributed by atoms with Crippen LogP contribution in [0, 0.1) is 10.1 Å². The van der Waals surface area contributed by atoms with Crippen LogP contribution in [0.5, 0.6) is 0 Å². The molecule has 1 heterocycles. The highest BCUT2D eigenvalue weighted by molar-refractivity contribution is 6.19. The summed E-state index contributed by atoms with van der Waals surface area (Å²) in [7, 11) is 3.87. The molecule has 0 saturated carbocycles. The first-order valence-corrected chi connectivity index (χ1v) is 8.93. The third-order valence-electron chi connectivity index (χ3n) is 4.59. The second kappa shape index (κ2) is 7.47. The Morgan fingerprint density at radius 1 is 1.38 bits per heavy atom. The third kappa shape index (κ3) is 3.45. The summed E-state index contributed by atoms with van der Waals surface area (Å²) < 4.78 is 0. The number of carbonyl (C=O) groups is 1. The number of anilines is 1. The number of nitrogens with one attached hydrogen (secondary N) is 2. The van der Waals surface area contributed by atoms with Crippen molar-refractivity contribution in [2.24, 2.45) is 0 Å². The molecule has 2 aromatic rings. The van der Waals surface area contributed by atoms with Crippen molar-refractivity contribution in [1.82, 2.24) is 10.2 Å². The molecule has 1 amide bonds. The Hall–Kier alpha value is -2.38. The van der Waals surface area contributed by atoms with Crippen LogP contribution in [0.2, 0.25) is 0 Å². The Bertz CT molecular complexity index is 869. The number of nitro groups is 1. The number of hydrogen-bond donors (Lipinski definition) is 2. The Kier molecular flexibility index (Phi) is 5.29. The monoisotopic (exact) mass is 376 g/mol. The maximum atomic E-state index is 12.4. The van der Waals surface area contributed by atoms with Gasteiger partial charge in [-0.3, -0.25) is 14.9 Å². The normalized spacial score (nSPS) is 15.8. The molecular formula is C18H21ClN4O3. The highest BCUT2D eigenvalue weighted by atomic mass is 35.5. The summed E-state index contributed by atoms with van der Waals surface area (Å²) in [5, 5.41) is 18.8. The molecule has 2 aromatic carbocycles. The molecule has 26 heavy (non-hydrogen) atoms. The van der Waals surface area contributed by atoms with Gasteiger partial charge in [0.25, 0.3) is 11.6 Å². The van der Waals surface area contributed by atoms with Crippen LogP contribution in [-0.4, -0.2) is 55.3 Å². The van der Waals surface area contributed by atoms with Gasteiger partial charge in [-0.25, -0.2) is 0 Å². The van der Waals surface area contributed by atoms with Gasteiger partial charge in [0.15, 0.2) is 0 Å². The van der Waals surface area contributed by atoms with Gasteiger partial charge in [0.05, 0.1) is 10.3 Å². The van der Waals surface area contributed by atoms with Crippen molar-refractivity contribution < 1.29 is 9.72 Å². The molecule has 8 heteroatoms. The van der Waals surface area contributed by atoms with Gasteiger partial charge >= 0.3 is 0 Å². The van der Waals surface area contributed by atoms with Crippen molar-refractivity contribution in [2.75, 3.05) is 44.9 Å². The maximum Gasteiger partial charge on any atom is 0.279 e. The van der Waals surface area contributed by atoms with E-state index >= 15 is 0 Å². The van der Waals surface area contributed by atoms with E-state index in [1.165, 1.54) is 0 Å².